The molecule has 0 atom stereocenters. The summed E-state index contributed by atoms with van der Waals surface area (Å²) in [6, 6.07) is 1.57. The Labute approximate surface area is 203 Å². The average Bonchev–Trinajstić information content (AvgIpc) is 3.40. The van der Waals surface area contributed by atoms with Gasteiger partial charge in [-0.2, -0.15) is 0 Å². The lowest BCUT2D eigenvalue weighted by atomic mass is 9.81. The molecule has 0 unspecified atom stereocenters. The van der Waals surface area contributed by atoms with Crippen molar-refractivity contribution in [2.24, 2.45) is 5.41 Å². The van der Waals surface area contributed by atoms with Crippen molar-refractivity contribution in [3.05, 3.63) is 28.2 Å². The molecular weight excluding hydrogens is 460 g/mol. The van der Waals surface area contributed by atoms with Gasteiger partial charge in [-0.05, 0) is 23.3 Å². The minimum absolute atomic E-state index is 0.121. The van der Waals surface area contributed by atoms with Crippen molar-refractivity contribution in [2.45, 2.75) is 33.6 Å². The minimum Gasteiger partial charge on any atom is -0.459 e. The molecule has 1 saturated heterocycles. The number of rotatable bonds is 10. The molecule has 186 valence electrons. The molecule has 11 heteroatoms. The van der Waals surface area contributed by atoms with Crippen LogP contribution in [0.5, 0.6) is 0 Å². The van der Waals surface area contributed by atoms with Crippen LogP contribution in [-0.2, 0) is 19.1 Å². The van der Waals surface area contributed by atoms with Crippen molar-refractivity contribution < 1.29 is 32.9 Å². The van der Waals surface area contributed by atoms with E-state index in [2.05, 4.69) is 29.6 Å². The molecule has 0 saturated carbocycles. The minimum atomic E-state index is -0.499. The smallest absolute Gasteiger partial charge is 0.350 e. The van der Waals surface area contributed by atoms with E-state index in [4.69, 9.17) is 14.0 Å². The zero-order chi connectivity index (χ0) is 24.8. The third-order valence-electron chi connectivity index (χ3n) is 6.13. The number of anilines is 2. The first-order valence-corrected chi connectivity index (χ1v) is 12.1. The van der Waals surface area contributed by atoms with Crippen LogP contribution >= 0.6 is 11.3 Å². The number of hydrogen-bond donors (Lipinski definition) is 2. The normalized spacial score (nSPS) is 16.6. The molecule has 2 amide bonds. The first-order chi connectivity index (χ1) is 16.1. The van der Waals surface area contributed by atoms with E-state index in [0.29, 0.717) is 40.6 Å². The summed E-state index contributed by atoms with van der Waals surface area (Å²) in [6.45, 7) is 8.32. The number of ether oxygens (including phenoxy) is 2. The first-order valence-electron chi connectivity index (χ1n) is 11.2. The number of esters is 1. The number of piperidine rings is 1. The summed E-state index contributed by atoms with van der Waals surface area (Å²) in [5, 5.41) is 11.2. The number of carbonyl (C=O) groups is 3. The van der Waals surface area contributed by atoms with Gasteiger partial charge < -0.3 is 29.1 Å². The summed E-state index contributed by atoms with van der Waals surface area (Å²) in [5.74, 6) is -0.631. The van der Waals surface area contributed by atoms with Gasteiger partial charge >= 0.3 is 5.97 Å². The molecule has 0 aliphatic carbocycles. The van der Waals surface area contributed by atoms with E-state index in [1.54, 1.807) is 6.07 Å². The van der Waals surface area contributed by atoms with Crippen LogP contribution in [0.25, 0.3) is 0 Å². The average molecular weight is 494 g/mol. The number of methoxy groups -OCH3 is 1. The summed E-state index contributed by atoms with van der Waals surface area (Å²) in [5.41, 5.74) is 1.40. The quantitative estimate of drug-likeness (QED) is 0.296. The van der Waals surface area contributed by atoms with Crippen LogP contribution in [0.1, 0.15) is 41.9 Å². The molecule has 2 aromatic rings. The second-order valence-electron chi connectivity index (χ2n) is 9.50. The lowest BCUT2D eigenvalue weighted by Crippen LogP contribution is -2.60. The Kier molecular flexibility index (Phi) is 8.45. The second kappa shape index (κ2) is 11.1. The first kappa shape index (κ1) is 25.9. The van der Waals surface area contributed by atoms with Crippen LogP contribution in [0.4, 0.5) is 11.5 Å². The van der Waals surface area contributed by atoms with Gasteiger partial charge in [0.25, 0.3) is 11.8 Å². The van der Waals surface area contributed by atoms with Gasteiger partial charge in [0.1, 0.15) is 17.7 Å². The number of quaternary nitrogens is 1. The zero-order valence-corrected chi connectivity index (χ0v) is 21.0. The van der Waals surface area contributed by atoms with E-state index in [1.165, 1.54) is 24.7 Å². The van der Waals surface area contributed by atoms with Gasteiger partial charge in [0.05, 0.1) is 25.4 Å². The summed E-state index contributed by atoms with van der Waals surface area (Å²) in [7, 11) is 1.53. The van der Waals surface area contributed by atoms with E-state index in [-0.39, 0.29) is 36.9 Å². The molecule has 1 aliphatic heterocycles. The fourth-order valence-electron chi connectivity index (χ4n) is 3.97. The highest BCUT2D eigenvalue weighted by Gasteiger charge is 2.41. The van der Waals surface area contributed by atoms with Crippen molar-refractivity contribution in [3.63, 3.8) is 0 Å². The summed E-state index contributed by atoms with van der Waals surface area (Å²) in [4.78, 5) is 38.7. The van der Waals surface area contributed by atoms with Gasteiger partial charge in [-0.3, -0.25) is 9.59 Å². The number of aromatic nitrogens is 1. The molecule has 2 aromatic heterocycles. The summed E-state index contributed by atoms with van der Waals surface area (Å²) in [6.07, 6.45) is 3.18. The molecule has 0 spiro atoms. The Morgan fingerprint density at radius 1 is 1.15 bits per heavy atom. The van der Waals surface area contributed by atoms with E-state index in [9.17, 15) is 14.4 Å². The van der Waals surface area contributed by atoms with Crippen molar-refractivity contribution >= 4 is 40.6 Å². The Balaban J connectivity index is 1.70. The van der Waals surface area contributed by atoms with Crippen molar-refractivity contribution in [1.82, 2.24) is 5.16 Å². The van der Waals surface area contributed by atoms with Crippen LogP contribution in [0, 0.1) is 12.3 Å². The standard InChI is InChI=1S/C23H32N4O6S/c1-16-15-34-21(22(30)32-12-11-31-4)20(16)25-19(29)14-27(8-6-23(2,3)7-9-27)13-18(28)24-17-5-10-33-26-17/h5,10,15H,6-9,11-14H2,1-4H3,(H-,24,25,26,28,29,30)/p+1. The molecule has 1 aliphatic rings. The predicted molar refractivity (Wildman–Crippen MR) is 128 cm³/mol. The van der Waals surface area contributed by atoms with E-state index < -0.39 is 5.97 Å². The number of amides is 2. The number of carbonyl (C=O) groups excluding carboxylic acids is 3. The number of nitrogens with zero attached hydrogens (tertiary/aromatic N) is 2. The number of thiophene rings is 1. The number of aryl methyl sites for hydroxylation is 1. The highest BCUT2D eigenvalue weighted by molar-refractivity contribution is 7.12. The maximum absolute atomic E-state index is 13.2. The SMILES string of the molecule is COCCOC(=O)c1scc(C)c1NC(=O)C[N+]1(CC(=O)Nc2ccon2)CCC(C)(C)CC1. The lowest BCUT2D eigenvalue weighted by Gasteiger charge is -2.45. The van der Waals surface area contributed by atoms with E-state index in [0.717, 1.165) is 18.4 Å². The highest BCUT2D eigenvalue weighted by atomic mass is 32.1. The summed E-state index contributed by atoms with van der Waals surface area (Å²) < 4.78 is 15.2. The van der Waals surface area contributed by atoms with Gasteiger partial charge in [-0.15, -0.1) is 11.3 Å². The molecule has 2 N–H and O–H groups in total. The predicted octanol–water partition coefficient (Wildman–Crippen LogP) is 3.06. The van der Waals surface area contributed by atoms with Gasteiger partial charge in [0.15, 0.2) is 18.9 Å². The summed E-state index contributed by atoms with van der Waals surface area (Å²) >= 11 is 1.23. The highest BCUT2D eigenvalue weighted by Crippen LogP contribution is 2.34. The maximum Gasteiger partial charge on any atom is 0.350 e. The van der Waals surface area contributed by atoms with Gasteiger partial charge in [-0.25, -0.2) is 4.79 Å². The molecular formula is C23H33N4O6S+. The van der Waals surface area contributed by atoms with Crippen molar-refractivity contribution in [1.29, 1.82) is 0 Å². The molecule has 10 nitrogen and oxygen atoms in total. The molecule has 0 radical (unpaired) electrons. The Bertz CT molecular complexity index is 991. The van der Waals surface area contributed by atoms with Gasteiger partial charge in [0.2, 0.25) is 0 Å². The number of nitrogens with one attached hydrogen (secondary N) is 2. The second-order valence-corrected chi connectivity index (χ2v) is 10.4. The Morgan fingerprint density at radius 3 is 2.44 bits per heavy atom. The largest absolute Gasteiger partial charge is 0.459 e. The van der Waals surface area contributed by atoms with E-state index in [1.807, 2.05) is 12.3 Å². The number of likely N-dealkylation sites (tertiary alicyclic amines) is 1. The number of hydrogen-bond acceptors (Lipinski definition) is 8. The molecule has 0 aromatic carbocycles. The monoisotopic (exact) mass is 493 g/mol. The van der Waals surface area contributed by atoms with Gasteiger partial charge in [-0.1, -0.05) is 19.0 Å². The van der Waals surface area contributed by atoms with Crippen LogP contribution in [0.2, 0.25) is 0 Å². The fourth-order valence-corrected chi connectivity index (χ4v) is 4.87. The molecule has 3 rings (SSSR count). The maximum atomic E-state index is 13.2. The zero-order valence-electron chi connectivity index (χ0n) is 20.1. The third kappa shape index (κ3) is 6.87. The topological polar surface area (TPSA) is 120 Å². The third-order valence-corrected chi connectivity index (χ3v) is 7.21. The van der Waals surface area contributed by atoms with Crippen molar-refractivity contribution in [2.75, 3.05) is 57.1 Å². The van der Waals surface area contributed by atoms with Gasteiger partial charge in [0, 0.05) is 26.0 Å². The van der Waals surface area contributed by atoms with Crippen LogP contribution in [0.15, 0.2) is 22.2 Å². The molecule has 1 fully saturated rings. The van der Waals surface area contributed by atoms with Crippen molar-refractivity contribution in [3.8, 4) is 0 Å². The lowest BCUT2D eigenvalue weighted by molar-refractivity contribution is -0.919. The molecule has 0 bridgehead atoms. The molecule has 3 heterocycles. The van der Waals surface area contributed by atoms with E-state index >= 15 is 0 Å². The Hall–Kier alpha value is -2.76. The fraction of sp³-hybridized carbons (Fsp3) is 0.565. The Morgan fingerprint density at radius 2 is 1.82 bits per heavy atom. The van der Waals surface area contributed by atoms with Crippen LogP contribution < -0.4 is 10.6 Å². The van der Waals surface area contributed by atoms with Crippen LogP contribution in [0.3, 0.4) is 0 Å². The van der Waals surface area contributed by atoms with Crippen LogP contribution in [-0.4, -0.2) is 73.9 Å². The molecule has 34 heavy (non-hydrogen) atoms.